The van der Waals surface area contributed by atoms with E-state index in [1.807, 2.05) is 25.3 Å². The van der Waals surface area contributed by atoms with Gasteiger partial charge < -0.3 is 10.8 Å². The lowest BCUT2D eigenvalue weighted by Crippen LogP contribution is -2.27. The summed E-state index contributed by atoms with van der Waals surface area (Å²) < 4.78 is 0. The zero-order valence-corrected chi connectivity index (χ0v) is 14.7. The summed E-state index contributed by atoms with van der Waals surface area (Å²) in [5, 5.41) is 13.8. The van der Waals surface area contributed by atoms with E-state index >= 15 is 0 Å². The minimum atomic E-state index is -1.000. The second-order valence-corrected chi connectivity index (χ2v) is 6.61. The van der Waals surface area contributed by atoms with Gasteiger partial charge in [0.2, 0.25) is 0 Å². The van der Waals surface area contributed by atoms with Crippen molar-refractivity contribution in [2.75, 3.05) is 16.9 Å². The minimum Gasteiger partial charge on any atom is -0.478 e. The minimum absolute atomic E-state index is 0.174. The van der Waals surface area contributed by atoms with Crippen molar-refractivity contribution in [1.82, 2.24) is 0 Å². The van der Waals surface area contributed by atoms with E-state index in [1.165, 1.54) is 23.9 Å². The summed E-state index contributed by atoms with van der Waals surface area (Å²) in [7, 11) is 0. The maximum Gasteiger partial charge on any atom is 0.335 e. The quantitative estimate of drug-likeness (QED) is 0.446. The molecule has 7 N–H and O–H groups in total. The van der Waals surface area contributed by atoms with E-state index in [4.69, 9.17) is 16.7 Å². The number of anilines is 2. The molecule has 3 rings (SSSR count). The van der Waals surface area contributed by atoms with Crippen molar-refractivity contribution >= 4 is 23.2 Å². The number of carboxylic acids is 1. The number of rotatable bonds is 7. The second kappa shape index (κ2) is 7.45. The van der Waals surface area contributed by atoms with Crippen LogP contribution in [0.1, 0.15) is 34.3 Å². The van der Waals surface area contributed by atoms with Gasteiger partial charge in [0.1, 0.15) is 0 Å². The normalized spacial score (nSPS) is 14.2. The third-order valence-corrected chi connectivity index (χ3v) is 4.44. The van der Waals surface area contributed by atoms with Crippen LogP contribution in [0.5, 0.6) is 0 Å². The molecule has 1 saturated carbocycles. The Balaban J connectivity index is 1.73. The smallest absolute Gasteiger partial charge is 0.335 e. The van der Waals surface area contributed by atoms with Crippen LogP contribution in [0.25, 0.3) is 5.70 Å². The number of carboxylic acid groups (broad SMARTS) is 1. The molecule has 1 aliphatic carbocycles. The summed E-state index contributed by atoms with van der Waals surface area (Å²) in [6.45, 7) is 2.84. The fraction of sp³-hybridized carbons (Fsp3) is 0.263. The summed E-state index contributed by atoms with van der Waals surface area (Å²) in [6.07, 6.45) is 6.00. The van der Waals surface area contributed by atoms with Gasteiger partial charge in [-0.3, -0.25) is 10.3 Å². The molecule has 0 aliphatic heterocycles. The molecular formula is C19H24N5O2+. The molecule has 0 atom stereocenters. The van der Waals surface area contributed by atoms with Crippen LogP contribution in [0.3, 0.4) is 0 Å². The van der Waals surface area contributed by atoms with Gasteiger partial charge in [-0.15, -0.1) is 0 Å². The average Bonchev–Trinajstić information content (AvgIpc) is 3.44. The van der Waals surface area contributed by atoms with Gasteiger partial charge in [0.05, 0.1) is 29.7 Å². The Hall–Kier alpha value is -3.06. The van der Waals surface area contributed by atoms with Gasteiger partial charge in [-0.25, -0.2) is 15.6 Å². The molecule has 0 unspecified atom stereocenters. The summed E-state index contributed by atoms with van der Waals surface area (Å²) in [5.74, 6) is 6.83. The maximum absolute atomic E-state index is 11.2. The highest BCUT2D eigenvalue weighted by Gasteiger charge is 2.23. The number of nitrogens with one attached hydrogen (secondary N) is 2. The Morgan fingerprint density at radius 1 is 1.35 bits per heavy atom. The van der Waals surface area contributed by atoms with Crippen molar-refractivity contribution in [2.45, 2.75) is 19.8 Å². The van der Waals surface area contributed by atoms with E-state index in [0.29, 0.717) is 11.4 Å². The molecule has 1 aliphatic rings. The number of hydrogen-bond donors (Lipinski definition) is 4. The zero-order valence-electron chi connectivity index (χ0n) is 14.7. The lowest BCUT2D eigenvalue weighted by Gasteiger charge is -2.18. The second-order valence-electron chi connectivity index (χ2n) is 6.61. The number of nitrogens with two attached hydrogens (primary N) is 2. The van der Waals surface area contributed by atoms with Crippen molar-refractivity contribution in [3.05, 3.63) is 59.4 Å². The van der Waals surface area contributed by atoms with Gasteiger partial charge in [0.25, 0.3) is 5.82 Å². The zero-order chi connectivity index (χ0) is 18.7. The topological polar surface area (TPSA) is 119 Å². The number of benzene rings is 1. The highest BCUT2D eigenvalue weighted by Crippen LogP contribution is 2.28. The van der Waals surface area contributed by atoms with Gasteiger partial charge in [0.15, 0.2) is 0 Å². The first-order valence-corrected chi connectivity index (χ1v) is 8.55. The molecule has 1 aromatic carbocycles. The number of hydrazine groups is 1. The van der Waals surface area contributed by atoms with Crippen molar-refractivity contribution in [3.8, 4) is 0 Å². The van der Waals surface area contributed by atoms with E-state index in [1.54, 1.807) is 18.3 Å². The van der Waals surface area contributed by atoms with Gasteiger partial charge in [-0.05, 0) is 49.4 Å². The first-order valence-electron chi connectivity index (χ1n) is 8.55. The predicted molar refractivity (Wildman–Crippen MR) is 101 cm³/mol. The van der Waals surface area contributed by atoms with Crippen LogP contribution in [0.15, 0.2) is 42.7 Å². The maximum atomic E-state index is 11.2. The highest BCUT2D eigenvalue weighted by molar-refractivity contribution is 5.89. The number of pyridine rings is 1. The Bertz CT molecular complexity index is 828. The first kappa shape index (κ1) is 17.8. The largest absolute Gasteiger partial charge is 0.478 e. The number of H-pyrrole nitrogens is 1. The summed E-state index contributed by atoms with van der Waals surface area (Å²) in [6, 6.07) is 8.64. The van der Waals surface area contributed by atoms with E-state index in [0.717, 1.165) is 29.4 Å². The molecule has 0 saturated heterocycles. The fourth-order valence-electron chi connectivity index (χ4n) is 2.61. The summed E-state index contributed by atoms with van der Waals surface area (Å²) >= 11 is 0. The monoisotopic (exact) mass is 354 g/mol. The fourth-order valence-corrected chi connectivity index (χ4v) is 2.61. The van der Waals surface area contributed by atoms with Crippen LogP contribution < -0.4 is 26.9 Å². The van der Waals surface area contributed by atoms with Crippen LogP contribution >= 0.6 is 0 Å². The molecule has 26 heavy (non-hydrogen) atoms. The molecular weight excluding hydrogens is 330 g/mol. The van der Waals surface area contributed by atoms with E-state index in [2.05, 4.69) is 10.3 Å². The van der Waals surface area contributed by atoms with E-state index < -0.39 is 5.97 Å². The van der Waals surface area contributed by atoms with Crippen molar-refractivity contribution in [2.24, 2.45) is 17.5 Å². The number of carbonyl (C=O) groups is 1. The van der Waals surface area contributed by atoms with Crippen molar-refractivity contribution in [3.63, 3.8) is 0 Å². The van der Waals surface area contributed by atoms with Crippen LogP contribution in [0, 0.1) is 12.8 Å². The summed E-state index contributed by atoms with van der Waals surface area (Å²) in [4.78, 5) is 14.3. The molecule has 0 radical (unpaired) electrons. The van der Waals surface area contributed by atoms with E-state index in [9.17, 15) is 4.79 Å². The van der Waals surface area contributed by atoms with Gasteiger partial charge in [-0.1, -0.05) is 6.07 Å². The van der Waals surface area contributed by atoms with Gasteiger partial charge >= 0.3 is 5.97 Å². The standard InChI is InChI=1S/C19H23N5O2/c1-12-2-5-14(19(25)26)8-17(12)24(21)11-16(20)15-6-7-18(23-10-15)22-9-13-3-4-13/h2,5-8,10-11,13H,3-4,9,20-21H2,1H3,(H,22,23)(H,25,26)/p+1. The molecule has 1 fully saturated rings. The Morgan fingerprint density at radius 3 is 2.69 bits per heavy atom. The SMILES string of the molecule is Cc1ccc(C(=O)O)cc1N(N)C=C(N)c1ccc(NCC2CC2)[nH+]c1. The molecule has 2 aromatic rings. The Kier molecular flexibility index (Phi) is 5.09. The number of aromatic amines is 1. The lowest BCUT2D eigenvalue weighted by atomic mass is 10.1. The van der Waals surface area contributed by atoms with Gasteiger partial charge in [0, 0.05) is 17.8 Å². The molecule has 0 spiro atoms. The number of aromatic carboxylic acids is 1. The molecule has 7 heteroatoms. The molecule has 7 nitrogen and oxygen atoms in total. The highest BCUT2D eigenvalue weighted by atomic mass is 16.4. The first-order chi connectivity index (χ1) is 12.4. The lowest BCUT2D eigenvalue weighted by molar-refractivity contribution is -0.361. The van der Waals surface area contributed by atoms with Crippen molar-refractivity contribution < 1.29 is 14.9 Å². The van der Waals surface area contributed by atoms with E-state index in [-0.39, 0.29) is 5.56 Å². The van der Waals surface area contributed by atoms with Crippen LogP contribution in [0.4, 0.5) is 11.5 Å². The average molecular weight is 354 g/mol. The number of aromatic nitrogens is 1. The van der Waals surface area contributed by atoms with Crippen molar-refractivity contribution in [1.29, 1.82) is 0 Å². The van der Waals surface area contributed by atoms with Gasteiger partial charge in [-0.2, -0.15) is 0 Å². The molecule has 0 bridgehead atoms. The number of nitrogens with zero attached hydrogens (tertiary/aromatic N) is 1. The molecule has 136 valence electrons. The number of hydrogen-bond acceptors (Lipinski definition) is 5. The Morgan fingerprint density at radius 2 is 2.08 bits per heavy atom. The number of aryl methyl sites for hydroxylation is 1. The van der Waals surface area contributed by atoms with Crippen LogP contribution in [0.2, 0.25) is 0 Å². The third-order valence-electron chi connectivity index (χ3n) is 4.44. The molecule has 0 amide bonds. The predicted octanol–water partition coefficient (Wildman–Crippen LogP) is 1.97. The third kappa shape index (κ3) is 4.31. The molecule has 1 heterocycles. The molecule has 1 aromatic heterocycles. The van der Waals surface area contributed by atoms with Crippen LogP contribution in [-0.4, -0.2) is 17.6 Å². The van der Waals surface area contributed by atoms with Crippen LogP contribution in [-0.2, 0) is 0 Å². The Labute approximate surface area is 152 Å². The summed E-state index contributed by atoms with van der Waals surface area (Å²) in [5.41, 5.74) is 9.02.